The van der Waals surface area contributed by atoms with Crippen molar-refractivity contribution in [2.75, 3.05) is 0 Å². The third-order valence-corrected chi connectivity index (χ3v) is 10.7. The fourth-order valence-corrected chi connectivity index (χ4v) is 7.99. The fraction of sp³-hybridized carbons (Fsp3) is 0. The van der Waals surface area contributed by atoms with E-state index in [2.05, 4.69) is 227 Å². The molecular formula is C46H33BBr2I3O2-. The van der Waals surface area contributed by atoms with Crippen molar-refractivity contribution < 1.29 is 23.3 Å². The van der Waals surface area contributed by atoms with Crippen LogP contribution >= 0.6 is 69.1 Å². The van der Waals surface area contributed by atoms with Crippen LogP contribution in [0.3, 0.4) is 0 Å². The summed E-state index contributed by atoms with van der Waals surface area (Å²) in [5, 5.41) is 27.3. The third-order valence-electron chi connectivity index (χ3n) is 8.95. The summed E-state index contributed by atoms with van der Waals surface area (Å²) in [6.07, 6.45) is 0. The molecule has 0 radical (unpaired) electrons. The Morgan fingerprint density at radius 1 is 0.352 bits per heavy atom. The molecule has 0 atom stereocenters. The van der Waals surface area contributed by atoms with Crippen LogP contribution in [0.1, 0.15) is 0 Å². The second kappa shape index (κ2) is 20.4. The summed E-state index contributed by atoms with van der Waals surface area (Å²) in [5.74, 6) is 0. The number of hydrogen-bond acceptors (Lipinski definition) is 2. The minimum Gasteiger partial charge on any atom is -0.423 e. The number of hydrogen-bond donors (Lipinski definition) is 2. The molecule has 9 aromatic rings. The first-order chi connectivity index (χ1) is 26.4. The molecule has 8 heteroatoms. The molecule has 0 fully saturated rings. The Balaban J connectivity index is 0.000000150. The quantitative estimate of drug-likeness (QED) is 0.105. The molecule has 0 unspecified atom stereocenters. The SMILES string of the molecule is Brc1c2ccccc2c(Br)c2ccccc12.I[I-]I.OB(O)c1ccccc1.c1ccc(-c2c3ccccc3c(-c3ccccc3)c3ccccc23)cc1. The standard InChI is InChI=1S/C26H18.C14H8Br2.C6H7BO2.I3/c1-3-11-19(12-4-1)25-21-15-7-9-17-23(21)26(20-13-5-2-6-14-20)24-18-10-8-16-22(24)25;15-13-9-5-1-2-6-10(9)14(16)12-8-4-3-7-11(12)13;8-7(9)6-4-2-1-3-5-6;1-3-2/h1-18H;1-8H;1-5,8-9H;/q;;;-1. The third kappa shape index (κ3) is 9.57. The first kappa shape index (κ1) is 40.8. The van der Waals surface area contributed by atoms with Gasteiger partial charge in [-0.1, -0.05) is 188 Å². The molecule has 0 aliphatic rings. The molecule has 2 nitrogen and oxygen atoms in total. The van der Waals surface area contributed by atoms with E-state index in [1.54, 1.807) is 24.3 Å². The van der Waals surface area contributed by atoms with Gasteiger partial charge in [-0.3, -0.25) is 0 Å². The molecular weight excluding hydrogens is 1140 g/mol. The minimum atomic E-state index is -1.34. The van der Waals surface area contributed by atoms with E-state index in [1.165, 1.54) is 74.3 Å². The molecule has 0 aromatic heterocycles. The van der Waals surface area contributed by atoms with Crippen molar-refractivity contribution in [3.8, 4) is 22.3 Å². The average molecular weight is 1170 g/mol. The van der Waals surface area contributed by atoms with E-state index in [-0.39, 0.29) is 0 Å². The van der Waals surface area contributed by atoms with E-state index >= 15 is 0 Å². The molecule has 2 N–H and O–H groups in total. The van der Waals surface area contributed by atoms with Gasteiger partial charge in [-0.05, 0) is 103 Å². The van der Waals surface area contributed by atoms with Crippen LogP contribution in [0, 0.1) is 0 Å². The van der Waals surface area contributed by atoms with E-state index in [1.807, 2.05) is 6.07 Å². The first-order valence-corrected chi connectivity index (χ1v) is 31.2. The average Bonchev–Trinajstić information content (AvgIpc) is 3.23. The van der Waals surface area contributed by atoms with Gasteiger partial charge >= 0.3 is 57.6 Å². The van der Waals surface area contributed by atoms with Crippen molar-refractivity contribution >= 4 is 125 Å². The maximum atomic E-state index is 8.58. The Bertz CT molecular complexity index is 2340. The van der Waals surface area contributed by atoms with E-state index in [0.29, 0.717) is 18.7 Å². The van der Waals surface area contributed by atoms with Crippen molar-refractivity contribution in [3.63, 3.8) is 0 Å². The Morgan fingerprint density at radius 3 is 0.815 bits per heavy atom. The molecule has 0 saturated heterocycles. The molecule has 268 valence electrons. The monoisotopic (exact) mass is 1170 g/mol. The summed E-state index contributed by atoms with van der Waals surface area (Å²) in [6.45, 7) is 0. The number of benzene rings is 9. The van der Waals surface area contributed by atoms with Gasteiger partial charge in [-0.15, -0.1) is 0 Å². The molecule has 9 aromatic carbocycles. The number of halogens is 5. The normalized spacial score (nSPS) is 10.6. The maximum Gasteiger partial charge on any atom is 0.488 e. The van der Waals surface area contributed by atoms with Gasteiger partial charge in [0.05, 0.1) is 0 Å². The van der Waals surface area contributed by atoms with Gasteiger partial charge in [0, 0.05) is 8.95 Å². The predicted molar refractivity (Wildman–Crippen MR) is 253 cm³/mol. The van der Waals surface area contributed by atoms with Gasteiger partial charge in [0.1, 0.15) is 0 Å². The minimum absolute atomic E-state index is 0.525. The molecule has 0 spiro atoms. The van der Waals surface area contributed by atoms with Crippen LogP contribution in [0.4, 0.5) is 0 Å². The summed E-state index contributed by atoms with van der Waals surface area (Å²) in [5.41, 5.74) is 5.68. The van der Waals surface area contributed by atoms with E-state index in [9.17, 15) is 0 Å². The Labute approximate surface area is 363 Å². The Hall–Kier alpha value is -2.85. The van der Waals surface area contributed by atoms with E-state index in [0.717, 1.165) is 0 Å². The maximum absolute atomic E-state index is 8.58. The molecule has 0 saturated carbocycles. The van der Waals surface area contributed by atoms with Gasteiger partial charge in [0.25, 0.3) is 0 Å². The topological polar surface area (TPSA) is 40.5 Å². The van der Waals surface area contributed by atoms with Gasteiger partial charge in [0.2, 0.25) is 0 Å². The largest absolute Gasteiger partial charge is 0.488 e. The second-order valence-electron chi connectivity index (χ2n) is 12.1. The summed E-state index contributed by atoms with van der Waals surface area (Å²) in [6, 6.07) is 64.4. The first-order valence-electron chi connectivity index (χ1n) is 17.0. The van der Waals surface area contributed by atoms with Crippen LogP contribution in [-0.4, -0.2) is 17.2 Å². The molecule has 0 aliphatic heterocycles. The van der Waals surface area contributed by atoms with E-state index in [4.69, 9.17) is 10.0 Å². The van der Waals surface area contributed by atoms with E-state index < -0.39 is 7.12 Å². The van der Waals surface area contributed by atoms with Crippen molar-refractivity contribution in [1.82, 2.24) is 0 Å². The van der Waals surface area contributed by atoms with Gasteiger partial charge in [-0.25, -0.2) is 0 Å². The summed E-state index contributed by atoms with van der Waals surface area (Å²) in [7, 11) is -1.34. The number of rotatable bonds is 3. The number of fused-ring (bicyclic) bond motifs is 4. The van der Waals surface area contributed by atoms with Gasteiger partial charge < -0.3 is 10.0 Å². The van der Waals surface area contributed by atoms with Crippen molar-refractivity contribution in [3.05, 3.63) is 197 Å². The summed E-state index contributed by atoms with van der Waals surface area (Å²) >= 11 is 12.7. The second-order valence-corrected chi connectivity index (χ2v) is 30.0. The van der Waals surface area contributed by atoms with Crippen molar-refractivity contribution in [2.45, 2.75) is 0 Å². The van der Waals surface area contributed by atoms with Gasteiger partial charge in [-0.2, -0.15) is 0 Å². The molecule has 0 bridgehead atoms. The van der Waals surface area contributed by atoms with Crippen LogP contribution in [0.25, 0.3) is 65.3 Å². The molecule has 0 amide bonds. The van der Waals surface area contributed by atoms with Crippen LogP contribution in [0.2, 0.25) is 0 Å². The smallest absolute Gasteiger partial charge is 0.423 e. The molecule has 9 rings (SSSR count). The summed E-state index contributed by atoms with van der Waals surface area (Å²) in [4.78, 5) is 0. The predicted octanol–water partition coefficient (Wildman–Crippen LogP) is 11.0. The Kier molecular flexibility index (Phi) is 15.4. The van der Waals surface area contributed by atoms with Crippen molar-refractivity contribution in [2.24, 2.45) is 0 Å². The zero-order chi connectivity index (χ0) is 37.9. The molecule has 54 heavy (non-hydrogen) atoms. The van der Waals surface area contributed by atoms with Crippen LogP contribution < -0.4 is 18.7 Å². The summed E-state index contributed by atoms with van der Waals surface area (Å²) < 4.78 is 2.34. The zero-order valence-corrected chi connectivity index (χ0v) is 38.4. The van der Waals surface area contributed by atoms with Crippen LogP contribution in [0.15, 0.2) is 197 Å². The fourth-order valence-electron chi connectivity index (χ4n) is 6.61. The molecule has 0 aliphatic carbocycles. The molecule has 0 heterocycles. The Morgan fingerprint density at radius 2 is 0.574 bits per heavy atom. The van der Waals surface area contributed by atoms with Crippen molar-refractivity contribution in [1.29, 1.82) is 0 Å². The van der Waals surface area contributed by atoms with Gasteiger partial charge in [0.15, 0.2) is 0 Å². The van der Waals surface area contributed by atoms with Crippen LogP contribution in [0.5, 0.6) is 0 Å². The zero-order valence-electron chi connectivity index (χ0n) is 28.8. The van der Waals surface area contributed by atoms with Crippen LogP contribution in [-0.2, 0) is 0 Å².